The van der Waals surface area contributed by atoms with E-state index in [0.29, 0.717) is 10.8 Å². The van der Waals surface area contributed by atoms with Crippen LogP contribution in [0.3, 0.4) is 0 Å². The zero-order valence-electron chi connectivity index (χ0n) is 15.9. The average Bonchev–Trinajstić information content (AvgIpc) is 2.69. The van der Waals surface area contributed by atoms with Crippen molar-refractivity contribution in [1.29, 1.82) is 0 Å². The van der Waals surface area contributed by atoms with Gasteiger partial charge in [-0.3, -0.25) is 9.59 Å². The molecule has 27 heavy (non-hydrogen) atoms. The van der Waals surface area contributed by atoms with Crippen LogP contribution in [0.1, 0.15) is 25.0 Å². The molecule has 2 rings (SSSR count). The Morgan fingerprint density at radius 2 is 1.85 bits per heavy atom. The van der Waals surface area contributed by atoms with Gasteiger partial charge in [0.15, 0.2) is 6.61 Å². The minimum absolute atomic E-state index is 0.145. The van der Waals surface area contributed by atoms with E-state index >= 15 is 0 Å². The van der Waals surface area contributed by atoms with Crippen LogP contribution in [-0.2, 0) is 22.6 Å². The van der Waals surface area contributed by atoms with E-state index in [2.05, 4.69) is 12.2 Å². The molecule has 0 aliphatic carbocycles. The molecule has 0 fully saturated rings. The maximum atomic E-state index is 12.8. The molecule has 1 N–H and O–H groups in total. The molecule has 2 aromatic rings. The minimum atomic E-state index is -0.632. The van der Waals surface area contributed by atoms with E-state index in [1.807, 2.05) is 36.4 Å². The van der Waals surface area contributed by atoms with Crippen molar-refractivity contribution >= 4 is 23.4 Å². The van der Waals surface area contributed by atoms with Gasteiger partial charge in [0, 0.05) is 18.6 Å². The zero-order chi connectivity index (χ0) is 19.8. The first kappa shape index (κ1) is 20.8. The minimum Gasteiger partial charge on any atom is -0.484 e. The van der Waals surface area contributed by atoms with Crippen LogP contribution < -0.4 is 10.1 Å². The van der Waals surface area contributed by atoms with Gasteiger partial charge in [0.05, 0.1) is 0 Å². The molecule has 0 aromatic heterocycles. The van der Waals surface area contributed by atoms with Crippen molar-refractivity contribution in [2.45, 2.75) is 32.9 Å². The molecular formula is C21H25ClN2O3. The fourth-order valence-electron chi connectivity index (χ4n) is 2.67. The van der Waals surface area contributed by atoms with E-state index in [1.54, 1.807) is 26.1 Å². The number of ether oxygens (including phenoxy) is 1. The lowest BCUT2D eigenvalue weighted by molar-refractivity contribution is -0.142. The third kappa shape index (κ3) is 6.00. The van der Waals surface area contributed by atoms with Gasteiger partial charge in [0.2, 0.25) is 5.91 Å². The van der Waals surface area contributed by atoms with Gasteiger partial charge in [-0.1, -0.05) is 42.8 Å². The first-order valence-corrected chi connectivity index (χ1v) is 9.29. The topological polar surface area (TPSA) is 58.6 Å². The Balaban J connectivity index is 2.10. The fraction of sp³-hybridized carbons (Fsp3) is 0.333. The van der Waals surface area contributed by atoms with Gasteiger partial charge in [-0.25, -0.2) is 0 Å². The number of halogens is 1. The highest BCUT2D eigenvalue weighted by Gasteiger charge is 2.25. The lowest BCUT2D eigenvalue weighted by atomic mass is 10.1. The molecule has 0 spiro atoms. The van der Waals surface area contributed by atoms with Crippen LogP contribution >= 0.6 is 11.6 Å². The molecule has 0 bridgehead atoms. The first-order chi connectivity index (χ1) is 12.9. The third-order valence-electron chi connectivity index (χ3n) is 4.35. The summed E-state index contributed by atoms with van der Waals surface area (Å²) in [6.45, 7) is 3.89. The Morgan fingerprint density at radius 3 is 2.44 bits per heavy atom. The molecule has 0 aliphatic rings. The number of rotatable bonds is 8. The smallest absolute Gasteiger partial charge is 0.261 e. The number of nitrogens with zero attached hydrogens (tertiary/aromatic N) is 1. The highest BCUT2D eigenvalue weighted by Crippen LogP contribution is 2.16. The van der Waals surface area contributed by atoms with Crippen molar-refractivity contribution in [3.8, 4) is 5.75 Å². The fourth-order valence-corrected chi connectivity index (χ4v) is 2.89. The average molecular weight is 389 g/mol. The van der Waals surface area contributed by atoms with Crippen LogP contribution in [0.5, 0.6) is 5.75 Å². The van der Waals surface area contributed by atoms with Crippen molar-refractivity contribution in [1.82, 2.24) is 10.2 Å². The maximum Gasteiger partial charge on any atom is 0.261 e. The van der Waals surface area contributed by atoms with E-state index in [0.717, 1.165) is 12.0 Å². The van der Waals surface area contributed by atoms with E-state index < -0.39 is 6.04 Å². The third-order valence-corrected chi connectivity index (χ3v) is 4.58. The Labute approximate surface area is 165 Å². The molecule has 2 aromatic carbocycles. The number of aryl methyl sites for hydroxylation is 1. The molecule has 0 unspecified atom stereocenters. The van der Waals surface area contributed by atoms with Crippen LogP contribution in [-0.4, -0.2) is 36.4 Å². The summed E-state index contributed by atoms with van der Waals surface area (Å²) < 4.78 is 5.62. The molecule has 5 nitrogen and oxygen atoms in total. The molecule has 0 saturated carbocycles. The predicted molar refractivity (Wildman–Crippen MR) is 107 cm³/mol. The summed E-state index contributed by atoms with van der Waals surface area (Å²) in [7, 11) is 1.55. The highest BCUT2D eigenvalue weighted by atomic mass is 35.5. The molecule has 144 valence electrons. The number of hydrogen-bond acceptors (Lipinski definition) is 3. The number of carbonyl (C=O) groups excluding carboxylic acids is 2. The number of nitrogens with one attached hydrogen (secondary N) is 1. The van der Waals surface area contributed by atoms with Gasteiger partial charge in [-0.05, 0) is 48.7 Å². The van der Waals surface area contributed by atoms with Crippen LogP contribution in [0.25, 0.3) is 0 Å². The lowest BCUT2D eigenvalue weighted by Gasteiger charge is -2.28. The molecule has 0 radical (unpaired) electrons. The summed E-state index contributed by atoms with van der Waals surface area (Å²) >= 11 is 6.04. The Morgan fingerprint density at radius 1 is 1.15 bits per heavy atom. The number of amides is 2. The zero-order valence-corrected chi connectivity index (χ0v) is 16.6. The van der Waals surface area contributed by atoms with E-state index in [4.69, 9.17) is 16.3 Å². The summed E-state index contributed by atoms with van der Waals surface area (Å²) in [5.41, 5.74) is 2.04. The van der Waals surface area contributed by atoms with Gasteiger partial charge in [0.1, 0.15) is 11.8 Å². The molecule has 0 aliphatic heterocycles. The quantitative estimate of drug-likeness (QED) is 0.753. The van der Waals surface area contributed by atoms with Gasteiger partial charge in [-0.2, -0.15) is 0 Å². The normalized spacial score (nSPS) is 11.6. The molecular weight excluding hydrogens is 364 g/mol. The number of likely N-dealkylation sites (N-methyl/N-ethyl adjacent to an activating group) is 1. The predicted octanol–water partition coefficient (Wildman–Crippen LogP) is 3.44. The molecule has 6 heteroatoms. The number of hydrogen-bond donors (Lipinski definition) is 1. The Hall–Kier alpha value is -2.53. The van der Waals surface area contributed by atoms with E-state index in [1.165, 1.54) is 10.5 Å². The van der Waals surface area contributed by atoms with Crippen molar-refractivity contribution in [3.63, 3.8) is 0 Å². The Bertz CT molecular complexity index is 777. The number of carbonyl (C=O) groups is 2. The molecule has 2 amide bonds. The summed E-state index contributed by atoms with van der Waals surface area (Å²) in [6, 6.07) is 14.2. The molecule has 1 atom stereocenters. The van der Waals surface area contributed by atoms with Gasteiger partial charge in [-0.15, -0.1) is 0 Å². The van der Waals surface area contributed by atoms with Crippen molar-refractivity contribution in [2.24, 2.45) is 0 Å². The SMILES string of the molecule is CCc1ccc(OCC(=O)N(Cc2cccc(Cl)c2)[C@@H](C)C(=O)NC)cc1. The first-order valence-electron chi connectivity index (χ1n) is 8.91. The van der Waals surface area contributed by atoms with Crippen molar-refractivity contribution in [2.75, 3.05) is 13.7 Å². The van der Waals surface area contributed by atoms with Crippen LogP contribution in [0.15, 0.2) is 48.5 Å². The largest absolute Gasteiger partial charge is 0.484 e. The van der Waals surface area contributed by atoms with Gasteiger partial charge >= 0.3 is 0 Å². The maximum absolute atomic E-state index is 12.8. The second kappa shape index (κ2) is 9.97. The molecule has 0 heterocycles. The lowest BCUT2D eigenvalue weighted by Crippen LogP contribution is -2.48. The van der Waals surface area contributed by atoms with E-state index in [-0.39, 0.29) is 25.0 Å². The van der Waals surface area contributed by atoms with Crippen molar-refractivity contribution in [3.05, 3.63) is 64.7 Å². The summed E-state index contributed by atoms with van der Waals surface area (Å²) in [6.07, 6.45) is 0.941. The summed E-state index contributed by atoms with van der Waals surface area (Å²) in [5.74, 6) is 0.110. The van der Waals surface area contributed by atoms with Crippen LogP contribution in [0.4, 0.5) is 0 Å². The van der Waals surface area contributed by atoms with E-state index in [9.17, 15) is 9.59 Å². The Kier molecular flexibility index (Phi) is 7.67. The van der Waals surface area contributed by atoms with Crippen LogP contribution in [0, 0.1) is 0 Å². The van der Waals surface area contributed by atoms with Crippen molar-refractivity contribution < 1.29 is 14.3 Å². The second-order valence-electron chi connectivity index (χ2n) is 6.23. The number of benzene rings is 2. The standard InChI is InChI=1S/C21H25ClN2O3/c1-4-16-8-10-19(11-9-16)27-14-20(25)24(15(2)21(26)23-3)13-17-6-5-7-18(22)12-17/h5-12,15H,4,13-14H2,1-3H3,(H,23,26)/t15-/m0/s1. The van der Waals surface area contributed by atoms with Crippen LogP contribution in [0.2, 0.25) is 5.02 Å². The monoisotopic (exact) mass is 388 g/mol. The van der Waals surface area contributed by atoms with Gasteiger partial charge in [0.25, 0.3) is 5.91 Å². The molecule has 0 saturated heterocycles. The second-order valence-corrected chi connectivity index (χ2v) is 6.66. The van der Waals surface area contributed by atoms with Gasteiger partial charge < -0.3 is 15.0 Å². The summed E-state index contributed by atoms with van der Waals surface area (Å²) in [4.78, 5) is 26.4. The summed E-state index contributed by atoms with van der Waals surface area (Å²) in [5, 5.41) is 3.17. The highest BCUT2D eigenvalue weighted by molar-refractivity contribution is 6.30.